The van der Waals surface area contributed by atoms with Gasteiger partial charge in [0.15, 0.2) is 0 Å². The van der Waals surface area contributed by atoms with Crippen LogP contribution < -0.4 is 38.3 Å². The second-order valence-electron chi connectivity index (χ2n) is 4.32. The van der Waals surface area contributed by atoms with Crippen molar-refractivity contribution in [3.63, 3.8) is 0 Å². The molecule has 8 nitrogen and oxygen atoms in total. The van der Waals surface area contributed by atoms with Crippen molar-refractivity contribution in [2.45, 2.75) is 0 Å². The Morgan fingerprint density at radius 3 is 1.09 bits per heavy atom. The van der Waals surface area contributed by atoms with Gasteiger partial charge in [0.2, 0.25) is 0 Å². The first kappa shape index (κ1) is 20.6. The first-order valence-electron chi connectivity index (χ1n) is 5.90. The van der Waals surface area contributed by atoms with Crippen LogP contribution in [0.25, 0.3) is 0 Å². The first-order chi connectivity index (χ1) is 10.2. The zero-order valence-corrected chi connectivity index (χ0v) is 17.8. The molecule has 116 valence electrons. The van der Waals surface area contributed by atoms with Crippen LogP contribution >= 0.6 is 0 Å². The number of hydrogen-bond donors (Lipinski definition) is 4. The molecule has 0 aliphatic heterocycles. The van der Waals surface area contributed by atoms with Gasteiger partial charge in [0.05, 0.1) is 0 Å². The molecule has 2 rings (SSSR count). The molecular weight excluding hydrogens is 441 g/mol. The molecule has 2 aromatic rings. The van der Waals surface area contributed by atoms with Gasteiger partial charge in [-0.3, -0.25) is 0 Å². The smallest absolute Gasteiger partial charge is 1.00 e. The minimum atomic E-state index is -4.90. The second-order valence-corrected chi connectivity index (χ2v) is 11.1. The van der Waals surface area contributed by atoms with Gasteiger partial charge in [0.1, 0.15) is 0 Å². The number of rotatable bonds is 4. The van der Waals surface area contributed by atoms with E-state index < -0.39 is 28.3 Å². The molecule has 0 amide bonds. The van der Waals surface area contributed by atoms with Crippen molar-refractivity contribution in [1.82, 2.24) is 0 Å². The van der Waals surface area contributed by atoms with Crippen LogP contribution in [0.4, 0.5) is 11.4 Å². The summed E-state index contributed by atoms with van der Waals surface area (Å²) in [5.41, 5.74) is 0.798. The summed E-state index contributed by atoms with van der Waals surface area (Å²) in [4.78, 5) is 0. The third-order valence-corrected chi connectivity index (χ3v) is 6.73. The topological polar surface area (TPSA) is 140 Å². The van der Waals surface area contributed by atoms with Crippen LogP contribution in [-0.4, -0.2) is 44.7 Å². The van der Waals surface area contributed by atoms with Crippen molar-refractivity contribution in [2.24, 2.45) is 10.2 Å². The summed E-state index contributed by atoms with van der Waals surface area (Å²) >= 11 is -9.79. The maximum Gasteiger partial charge on any atom is 1.00 e. The molecule has 0 aliphatic rings. The first-order valence-corrected chi connectivity index (χ1v) is 12.7. The van der Waals surface area contributed by atoms with E-state index in [0.29, 0.717) is 11.4 Å². The van der Waals surface area contributed by atoms with Crippen molar-refractivity contribution in [3.05, 3.63) is 48.5 Å². The molecule has 0 saturated heterocycles. The van der Waals surface area contributed by atoms with E-state index in [4.69, 9.17) is 16.4 Å². The fraction of sp³-hybridized carbons (Fsp3) is 0. The van der Waals surface area contributed by atoms with Gasteiger partial charge in [-0.25, -0.2) is 0 Å². The summed E-state index contributed by atoms with van der Waals surface area (Å²) in [7, 11) is 0. The van der Waals surface area contributed by atoms with E-state index >= 15 is 0 Å². The number of azo groups is 1. The molecule has 0 spiro atoms. The summed E-state index contributed by atoms with van der Waals surface area (Å²) in [5, 5.41) is 7.76. The van der Waals surface area contributed by atoms with Gasteiger partial charge in [-0.05, 0) is 0 Å². The van der Waals surface area contributed by atoms with E-state index in [1.54, 1.807) is 0 Å². The molecule has 0 bridgehead atoms. The maximum atomic E-state index is 11.1. The Morgan fingerprint density at radius 1 is 0.609 bits per heavy atom. The minimum absolute atomic E-state index is 0. The fourth-order valence-corrected chi connectivity index (χ4v) is 3.80. The van der Waals surface area contributed by atoms with Crippen LogP contribution in [0.15, 0.2) is 58.8 Å². The largest absolute Gasteiger partial charge is 1.00 e. The van der Waals surface area contributed by atoms with Crippen LogP contribution in [0.1, 0.15) is 0 Å². The quantitative estimate of drug-likeness (QED) is 0.277. The molecule has 0 aromatic heterocycles. The normalized spacial score (nSPS) is 12.2. The number of nitrogens with zero attached hydrogens (tertiary/aromatic N) is 2. The van der Waals surface area contributed by atoms with Gasteiger partial charge in [-0.15, -0.1) is 0 Å². The average molecular weight is 453 g/mol. The van der Waals surface area contributed by atoms with Crippen LogP contribution in [0.3, 0.4) is 0 Å². The summed E-state index contributed by atoms with van der Waals surface area (Å²) in [6.45, 7) is 0. The molecule has 2 aromatic carbocycles. The Labute approximate surface area is 159 Å². The molecule has 0 unspecified atom stereocenters. The Balaban J connectivity index is 0.00000264. The van der Waals surface area contributed by atoms with E-state index in [1.807, 2.05) is 0 Å². The van der Waals surface area contributed by atoms with Gasteiger partial charge in [-0.2, -0.15) is 0 Å². The van der Waals surface area contributed by atoms with Gasteiger partial charge in [-0.1, -0.05) is 0 Å². The molecule has 11 heteroatoms. The monoisotopic (exact) mass is 453 g/mol. The third kappa shape index (κ3) is 6.19. The van der Waals surface area contributed by atoms with E-state index in [-0.39, 0.29) is 38.3 Å². The van der Waals surface area contributed by atoms with E-state index in [9.17, 15) is 7.48 Å². The van der Waals surface area contributed by atoms with E-state index in [0.717, 1.165) is 0 Å². The standard InChI is InChI=1S/C12H12As2N2O6.Na/c17-13(18,19)9-1-5-11(6-2-9)15-16-12-7-3-10(4-8-12)14(20,21)22;/h1-8H,(H2,17,18,19)(H2,20,21,22);/q;+1. The second kappa shape index (κ2) is 8.12. The SMILES string of the molecule is O=[As](O)(O)c1ccc(N=Nc2ccc([As](=O)(O)O)cc2)cc1.[Na+]. The summed E-state index contributed by atoms with van der Waals surface area (Å²) in [5.74, 6) is 0. The predicted molar refractivity (Wildman–Crippen MR) is 78.1 cm³/mol. The molecule has 4 N–H and O–H groups in total. The van der Waals surface area contributed by atoms with E-state index in [1.165, 1.54) is 48.5 Å². The maximum absolute atomic E-state index is 11.1. The van der Waals surface area contributed by atoms with Crippen molar-refractivity contribution in [2.75, 3.05) is 0 Å². The van der Waals surface area contributed by atoms with Crippen molar-refractivity contribution >= 4 is 48.4 Å². The van der Waals surface area contributed by atoms with Crippen molar-refractivity contribution in [1.29, 1.82) is 0 Å². The van der Waals surface area contributed by atoms with Gasteiger partial charge in [0.25, 0.3) is 0 Å². The zero-order chi connectivity index (χ0) is 16.4. The van der Waals surface area contributed by atoms with Crippen LogP contribution in [0, 0.1) is 0 Å². The van der Waals surface area contributed by atoms with Crippen molar-refractivity contribution in [3.8, 4) is 0 Å². The summed E-state index contributed by atoms with van der Waals surface area (Å²) < 4.78 is 58.2. The minimum Gasteiger partial charge on any atom is 1.00 e. The molecular formula is C12H12As2N2NaO6+. The van der Waals surface area contributed by atoms with Crippen LogP contribution in [0.5, 0.6) is 0 Å². The summed E-state index contributed by atoms with van der Waals surface area (Å²) in [6.07, 6.45) is 0. The Kier molecular flexibility index (Phi) is 7.28. The van der Waals surface area contributed by atoms with Gasteiger partial charge >= 0.3 is 161 Å². The molecule has 0 atom stereocenters. The Hall–Kier alpha value is -0.403. The van der Waals surface area contributed by atoms with Crippen LogP contribution in [0.2, 0.25) is 0 Å². The number of benzene rings is 2. The van der Waals surface area contributed by atoms with Crippen molar-refractivity contribution < 1.29 is 53.4 Å². The zero-order valence-electron chi connectivity index (χ0n) is 12.0. The van der Waals surface area contributed by atoms with Gasteiger partial charge in [0, 0.05) is 0 Å². The molecule has 0 radical (unpaired) electrons. The van der Waals surface area contributed by atoms with Gasteiger partial charge < -0.3 is 0 Å². The molecule has 23 heavy (non-hydrogen) atoms. The number of hydrogen-bond acceptors (Lipinski definition) is 4. The molecule has 0 saturated carbocycles. The average Bonchev–Trinajstić information content (AvgIpc) is 2.44. The Bertz CT molecular complexity index is 715. The summed E-state index contributed by atoms with van der Waals surface area (Å²) in [6, 6.07) is 10.8. The Morgan fingerprint density at radius 2 is 0.870 bits per heavy atom. The predicted octanol–water partition coefficient (Wildman–Crippen LogP) is -3.77. The third-order valence-electron chi connectivity index (χ3n) is 2.65. The molecule has 0 aliphatic carbocycles. The molecule has 0 heterocycles. The fourth-order valence-electron chi connectivity index (χ4n) is 1.54. The van der Waals surface area contributed by atoms with Crippen LogP contribution in [-0.2, 0) is 7.48 Å². The van der Waals surface area contributed by atoms with E-state index in [2.05, 4.69) is 10.2 Å². The molecule has 0 fully saturated rings.